The molecule has 1 aliphatic rings. The summed E-state index contributed by atoms with van der Waals surface area (Å²) in [7, 11) is 3.13. The van der Waals surface area contributed by atoms with Crippen LogP contribution in [0.1, 0.15) is 5.56 Å². The van der Waals surface area contributed by atoms with Crippen LogP contribution in [0, 0.1) is 0 Å². The Balaban J connectivity index is 1.57. The summed E-state index contributed by atoms with van der Waals surface area (Å²) in [5, 5.41) is 7.24. The number of amides is 1. The Labute approximate surface area is 156 Å². The third kappa shape index (κ3) is 3.19. The first-order valence-corrected chi connectivity index (χ1v) is 8.48. The molecule has 1 aromatic heterocycles. The molecule has 7 nitrogen and oxygen atoms in total. The predicted molar refractivity (Wildman–Crippen MR) is 100 cm³/mol. The highest BCUT2D eigenvalue weighted by atomic mass is 16.5. The summed E-state index contributed by atoms with van der Waals surface area (Å²) < 4.78 is 17.9. The highest BCUT2D eigenvalue weighted by molar-refractivity contribution is 5.92. The van der Waals surface area contributed by atoms with E-state index >= 15 is 0 Å². The second-order valence-corrected chi connectivity index (χ2v) is 6.08. The lowest BCUT2D eigenvalue weighted by Gasteiger charge is -2.19. The molecular formula is C20H19N3O4. The molecule has 1 aliphatic heterocycles. The molecule has 0 unspecified atom stereocenters. The standard InChI is InChI=1S/C20H19N3O4/c1-25-14-7-8-16(18(9-14)26-2)22-19(24)11-23-20-13(10-21-23)12-27-17-6-4-3-5-15(17)20/h3-10H,11-12H2,1-2H3,(H,22,24). The largest absolute Gasteiger partial charge is 0.497 e. The Morgan fingerprint density at radius 3 is 2.89 bits per heavy atom. The molecule has 4 rings (SSSR count). The first-order chi connectivity index (χ1) is 13.2. The van der Waals surface area contributed by atoms with E-state index in [2.05, 4.69) is 10.4 Å². The zero-order valence-electron chi connectivity index (χ0n) is 15.1. The average molecular weight is 365 g/mol. The topological polar surface area (TPSA) is 74.6 Å². The number of nitrogens with zero attached hydrogens (tertiary/aromatic N) is 2. The van der Waals surface area contributed by atoms with Crippen LogP contribution in [0.4, 0.5) is 5.69 Å². The number of para-hydroxylation sites is 1. The minimum absolute atomic E-state index is 0.0822. The lowest BCUT2D eigenvalue weighted by atomic mass is 10.0. The molecule has 0 fully saturated rings. The van der Waals surface area contributed by atoms with Crippen LogP contribution < -0.4 is 19.5 Å². The van der Waals surface area contributed by atoms with Crippen molar-refractivity contribution in [3.63, 3.8) is 0 Å². The Bertz CT molecular complexity index is 997. The van der Waals surface area contributed by atoms with Crippen LogP contribution in [0.3, 0.4) is 0 Å². The monoisotopic (exact) mass is 365 g/mol. The molecule has 3 aromatic rings. The van der Waals surface area contributed by atoms with Gasteiger partial charge in [0.05, 0.1) is 31.8 Å². The fraction of sp³-hybridized carbons (Fsp3) is 0.200. The molecule has 0 atom stereocenters. The van der Waals surface area contributed by atoms with Crippen molar-refractivity contribution in [2.75, 3.05) is 19.5 Å². The number of aromatic nitrogens is 2. The molecule has 0 spiro atoms. The first kappa shape index (κ1) is 17.0. The summed E-state index contributed by atoms with van der Waals surface area (Å²) in [6, 6.07) is 13.0. The summed E-state index contributed by atoms with van der Waals surface area (Å²) >= 11 is 0. The summed E-state index contributed by atoms with van der Waals surface area (Å²) in [6.07, 6.45) is 1.74. The number of ether oxygens (including phenoxy) is 3. The minimum Gasteiger partial charge on any atom is -0.497 e. The van der Waals surface area contributed by atoms with Crippen LogP contribution in [0.25, 0.3) is 11.3 Å². The van der Waals surface area contributed by atoms with E-state index in [0.29, 0.717) is 23.8 Å². The molecule has 1 amide bonds. The lowest BCUT2D eigenvalue weighted by Crippen LogP contribution is -2.21. The van der Waals surface area contributed by atoms with Gasteiger partial charge in [0.2, 0.25) is 5.91 Å². The number of hydrogen-bond acceptors (Lipinski definition) is 5. The molecular weight excluding hydrogens is 346 g/mol. The van der Waals surface area contributed by atoms with Gasteiger partial charge in [-0.05, 0) is 24.3 Å². The summed E-state index contributed by atoms with van der Waals surface area (Å²) in [5.74, 6) is 1.78. The van der Waals surface area contributed by atoms with Crippen molar-refractivity contribution >= 4 is 11.6 Å². The van der Waals surface area contributed by atoms with Crippen molar-refractivity contribution in [2.24, 2.45) is 0 Å². The van der Waals surface area contributed by atoms with E-state index < -0.39 is 0 Å². The second-order valence-electron chi connectivity index (χ2n) is 6.08. The summed E-state index contributed by atoms with van der Waals surface area (Å²) in [4.78, 5) is 12.6. The number of anilines is 1. The van der Waals surface area contributed by atoms with Crippen molar-refractivity contribution < 1.29 is 19.0 Å². The van der Waals surface area contributed by atoms with Gasteiger partial charge in [-0.1, -0.05) is 12.1 Å². The van der Waals surface area contributed by atoms with Crippen LogP contribution in [0.15, 0.2) is 48.7 Å². The van der Waals surface area contributed by atoms with Gasteiger partial charge in [0.25, 0.3) is 0 Å². The van der Waals surface area contributed by atoms with Gasteiger partial charge < -0.3 is 19.5 Å². The van der Waals surface area contributed by atoms with Crippen molar-refractivity contribution in [1.82, 2.24) is 9.78 Å². The molecule has 0 bridgehead atoms. The smallest absolute Gasteiger partial charge is 0.246 e. The number of benzene rings is 2. The van der Waals surface area contributed by atoms with E-state index in [1.807, 2.05) is 24.3 Å². The quantitative estimate of drug-likeness (QED) is 0.752. The van der Waals surface area contributed by atoms with Gasteiger partial charge in [0.15, 0.2) is 0 Å². The van der Waals surface area contributed by atoms with E-state index in [1.54, 1.807) is 43.3 Å². The Morgan fingerprint density at radius 1 is 1.22 bits per heavy atom. The number of carbonyl (C=O) groups excluding carboxylic acids is 1. The minimum atomic E-state index is -0.201. The SMILES string of the molecule is COc1ccc(NC(=O)Cn2ncc3c2-c2ccccc2OC3)c(OC)c1. The van der Waals surface area contributed by atoms with Gasteiger partial charge in [-0.15, -0.1) is 0 Å². The molecule has 2 aromatic carbocycles. The van der Waals surface area contributed by atoms with Gasteiger partial charge in [0.1, 0.15) is 30.4 Å². The van der Waals surface area contributed by atoms with E-state index in [4.69, 9.17) is 14.2 Å². The fourth-order valence-corrected chi connectivity index (χ4v) is 3.13. The van der Waals surface area contributed by atoms with E-state index in [9.17, 15) is 4.79 Å². The number of carbonyl (C=O) groups is 1. The van der Waals surface area contributed by atoms with Crippen LogP contribution in [0.2, 0.25) is 0 Å². The number of fused-ring (bicyclic) bond motifs is 3. The van der Waals surface area contributed by atoms with Crippen LogP contribution in [0.5, 0.6) is 17.2 Å². The zero-order chi connectivity index (χ0) is 18.8. The first-order valence-electron chi connectivity index (χ1n) is 8.48. The Morgan fingerprint density at radius 2 is 2.07 bits per heavy atom. The molecule has 2 heterocycles. The van der Waals surface area contributed by atoms with Crippen molar-refractivity contribution in [3.8, 4) is 28.5 Å². The number of methoxy groups -OCH3 is 2. The molecule has 0 saturated heterocycles. The maximum absolute atomic E-state index is 12.6. The number of nitrogens with one attached hydrogen (secondary N) is 1. The van der Waals surface area contributed by atoms with Crippen LogP contribution in [-0.4, -0.2) is 29.9 Å². The van der Waals surface area contributed by atoms with Gasteiger partial charge >= 0.3 is 0 Å². The number of hydrogen-bond donors (Lipinski definition) is 1. The van der Waals surface area contributed by atoms with E-state index in [0.717, 1.165) is 22.6 Å². The zero-order valence-corrected chi connectivity index (χ0v) is 15.1. The van der Waals surface area contributed by atoms with E-state index in [-0.39, 0.29) is 12.5 Å². The third-order valence-electron chi connectivity index (χ3n) is 4.42. The molecule has 27 heavy (non-hydrogen) atoms. The molecule has 138 valence electrons. The maximum atomic E-state index is 12.6. The average Bonchev–Trinajstić information content (AvgIpc) is 3.11. The molecule has 7 heteroatoms. The lowest BCUT2D eigenvalue weighted by molar-refractivity contribution is -0.116. The third-order valence-corrected chi connectivity index (χ3v) is 4.42. The maximum Gasteiger partial charge on any atom is 0.246 e. The van der Waals surface area contributed by atoms with Gasteiger partial charge in [-0.25, -0.2) is 0 Å². The van der Waals surface area contributed by atoms with Crippen LogP contribution >= 0.6 is 0 Å². The predicted octanol–water partition coefficient (Wildman–Crippen LogP) is 3.10. The highest BCUT2D eigenvalue weighted by Gasteiger charge is 2.23. The van der Waals surface area contributed by atoms with Crippen molar-refractivity contribution in [1.29, 1.82) is 0 Å². The van der Waals surface area contributed by atoms with Gasteiger partial charge in [-0.2, -0.15) is 5.10 Å². The van der Waals surface area contributed by atoms with Crippen molar-refractivity contribution in [3.05, 3.63) is 54.2 Å². The summed E-state index contributed by atoms with van der Waals surface area (Å²) in [5.41, 5.74) is 3.39. The molecule has 0 aliphatic carbocycles. The molecule has 0 saturated carbocycles. The van der Waals surface area contributed by atoms with Crippen molar-refractivity contribution in [2.45, 2.75) is 13.2 Å². The second kappa shape index (κ2) is 7.03. The Kier molecular flexibility index (Phi) is 4.42. The summed E-state index contributed by atoms with van der Waals surface area (Å²) in [6.45, 7) is 0.527. The molecule has 1 N–H and O–H groups in total. The normalized spacial score (nSPS) is 11.8. The van der Waals surface area contributed by atoms with Gasteiger partial charge in [-0.3, -0.25) is 9.48 Å². The van der Waals surface area contributed by atoms with Gasteiger partial charge in [0, 0.05) is 17.2 Å². The van der Waals surface area contributed by atoms with E-state index in [1.165, 1.54) is 0 Å². The van der Waals surface area contributed by atoms with Crippen LogP contribution in [-0.2, 0) is 17.9 Å². The highest BCUT2D eigenvalue weighted by Crippen LogP contribution is 2.37. The Hall–Kier alpha value is -3.48. The number of rotatable bonds is 5. The fourth-order valence-electron chi connectivity index (χ4n) is 3.13. The molecule has 0 radical (unpaired) electrons.